The Hall–Kier alpha value is -0.900. The Labute approximate surface area is 79.1 Å². The zero-order chi connectivity index (χ0) is 8.97. The molecule has 0 spiro atoms. The molecule has 0 aromatic carbocycles. The predicted octanol–water partition coefficient (Wildman–Crippen LogP) is 1.12. The molecule has 3 nitrogen and oxygen atoms in total. The summed E-state index contributed by atoms with van der Waals surface area (Å²) in [6.45, 7) is 0. The number of carbonyl (C=O) groups is 1. The van der Waals surface area contributed by atoms with Crippen molar-refractivity contribution in [2.75, 3.05) is 5.33 Å². The van der Waals surface area contributed by atoms with Gasteiger partial charge < -0.3 is 5.73 Å². The topological polar surface area (TPSA) is 56.0 Å². The molecule has 12 heavy (non-hydrogen) atoms. The van der Waals surface area contributed by atoms with Crippen molar-refractivity contribution in [2.45, 2.75) is 6.42 Å². The molecule has 0 radical (unpaired) electrons. The minimum Gasteiger partial charge on any atom is -0.364 e. The number of aromatic nitrogens is 1. The highest BCUT2D eigenvalue weighted by atomic mass is 79.9. The lowest BCUT2D eigenvalue weighted by molar-refractivity contribution is 0.0995. The standard InChI is InChI=1S/C8H9BrN2O/c9-4-3-6-1-2-7(8(10)12)11-5-6/h1-2,5H,3-4H2,(H2,10,12). The largest absolute Gasteiger partial charge is 0.364 e. The third-order valence-corrected chi connectivity index (χ3v) is 1.86. The van der Waals surface area contributed by atoms with Gasteiger partial charge in [0.15, 0.2) is 0 Å². The van der Waals surface area contributed by atoms with Gasteiger partial charge >= 0.3 is 0 Å². The number of amides is 1. The van der Waals surface area contributed by atoms with Crippen LogP contribution in [0.4, 0.5) is 0 Å². The van der Waals surface area contributed by atoms with Crippen LogP contribution in [-0.4, -0.2) is 16.2 Å². The molecule has 0 saturated carbocycles. The van der Waals surface area contributed by atoms with Gasteiger partial charge in [0.05, 0.1) is 0 Å². The number of primary amides is 1. The average Bonchev–Trinajstić information content (AvgIpc) is 2.06. The summed E-state index contributed by atoms with van der Waals surface area (Å²) in [5.74, 6) is -0.486. The molecule has 1 amide bonds. The van der Waals surface area contributed by atoms with Gasteiger partial charge in [0.1, 0.15) is 5.69 Å². The highest BCUT2D eigenvalue weighted by molar-refractivity contribution is 9.09. The quantitative estimate of drug-likeness (QED) is 0.789. The number of alkyl halides is 1. The third-order valence-electron chi connectivity index (χ3n) is 1.46. The minimum absolute atomic E-state index is 0.313. The Morgan fingerprint density at radius 1 is 1.58 bits per heavy atom. The maximum absolute atomic E-state index is 10.6. The zero-order valence-corrected chi connectivity index (χ0v) is 8.04. The highest BCUT2D eigenvalue weighted by Gasteiger charge is 2.00. The van der Waals surface area contributed by atoms with Gasteiger partial charge in [0.2, 0.25) is 0 Å². The van der Waals surface area contributed by atoms with Crippen molar-refractivity contribution in [3.63, 3.8) is 0 Å². The number of rotatable bonds is 3. The Balaban J connectivity index is 2.78. The molecule has 1 rings (SSSR count). The first-order chi connectivity index (χ1) is 5.74. The average molecular weight is 229 g/mol. The van der Waals surface area contributed by atoms with Gasteiger partial charge in [-0.1, -0.05) is 22.0 Å². The lowest BCUT2D eigenvalue weighted by Crippen LogP contribution is -2.12. The van der Waals surface area contributed by atoms with Crippen molar-refractivity contribution in [3.05, 3.63) is 29.6 Å². The van der Waals surface area contributed by atoms with Crippen molar-refractivity contribution in [1.29, 1.82) is 0 Å². The van der Waals surface area contributed by atoms with Crippen LogP contribution in [0.1, 0.15) is 16.1 Å². The molecule has 0 aliphatic heterocycles. The third kappa shape index (κ3) is 2.30. The minimum atomic E-state index is -0.486. The van der Waals surface area contributed by atoms with Crippen LogP contribution in [0, 0.1) is 0 Å². The van der Waals surface area contributed by atoms with E-state index in [1.54, 1.807) is 12.3 Å². The van der Waals surface area contributed by atoms with E-state index < -0.39 is 5.91 Å². The summed E-state index contributed by atoms with van der Waals surface area (Å²) in [4.78, 5) is 14.5. The molecule has 2 N–H and O–H groups in total. The van der Waals surface area contributed by atoms with E-state index in [1.807, 2.05) is 6.07 Å². The zero-order valence-electron chi connectivity index (χ0n) is 6.46. The number of nitrogens with zero attached hydrogens (tertiary/aromatic N) is 1. The van der Waals surface area contributed by atoms with Crippen LogP contribution in [0.5, 0.6) is 0 Å². The lowest BCUT2D eigenvalue weighted by atomic mass is 10.2. The number of nitrogens with two attached hydrogens (primary N) is 1. The summed E-state index contributed by atoms with van der Waals surface area (Å²) < 4.78 is 0. The summed E-state index contributed by atoms with van der Waals surface area (Å²) in [5, 5.41) is 0.893. The van der Waals surface area contributed by atoms with Gasteiger partial charge in [-0.15, -0.1) is 0 Å². The van der Waals surface area contributed by atoms with Gasteiger partial charge in [0.25, 0.3) is 5.91 Å². The molecular weight excluding hydrogens is 220 g/mol. The smallest absolute Gasteiger partial charge is 0.267 e. The fourth-order valence-electron chi connectivity index (χ4n) is 0.827. The molecular formula is C8H9BrN2O. The highest BCUT2D eigenvalue weighted by Crippen LogP contribution is 2.02. The fraction of sp³-hybridized carbons (Fsp3) is 0.250. The molecule has 0 aliphatic carbocycles. The Kier molecular flexibility index (Phi) is 3.22. The number of hydrogen-bond donors (Lipinski definition) is 1. The summed E-state index contributed by atoms with van der Waals surface area (Å²) >= 11 is 3.31. The van der Waals surface area contributed by atoms with Crippen LogP contribution in [0.3, 0.4) is 0 Å². The summed E-state index contributed by atoms with van der Waals surface area (Å²) in [6, 6.07) is 3.49. The Bertz CT molecular complexity index is 271. The Morgan fingerprint density at radius 2 is 2.33 bits per heavy atom. The van der Waals surface area contributed by atoms with Gasteiger partial charge in [-0.2, -0.15) is 0 Å². The van der Waals surface area contributed by atoms with E-state index in [1.165, 1.54) is 0 Å². The molecule has 0 aliphatic rings. The van der Waals surface area contributed by atoms with Crippen molar-refractivity contribution in [3.8, 4) is 0 Å². The first-order valence-corrected chi connectivity index (χ1v) is 4.67. The molecule has 0 saturated heterocycles. The first-order valence-electron chi connectivity index (χ1n) is 3.54. The van der Waals surface area contributed by atoms with Crippen molar-refractivity contribution in [1.82, 2.24) is 4.98 Å². The van der Waals surface area contributed by atoms with E-state index in [9.17, 15) is 4.79 Å². The molecule has 0 unspecified atom stereocenters. The van der Waals surface area contributed by atoms with Crippen molar-refractivity contribution < 1.29 is 4.79 Å². The summed E-state index contributed by atoms with van der Waals surface area (Å²) in [5.41, 5.74) is 6.43. The van der Waals surface area contributed by atoms with E-state index in [0.717, 1.165) is 17.3 Å². The van der Waals surface area contributed by atoms with Gasteiger partial charge in [0, 0.05) is 11.5 Å². The SMILES string of the molecule is NC(=O)c1ccc(CCBr)cn1. The first kappa shape index (κ1) is 9.19. The molecule has 4 heteroatoms. The van der Waals surface area contributed by atoms with Crippen LogP contribution in [0.15, 0.2) is 18.3 Å². The summed E-state index contributed by atoms with van der Waals surface area (Å²) in [6.07, 6.45) is 2.58. The molecule has 0 bridgehead atoms. The van der Waals surface area contributed by atoms with Gasteiger partial charge in [-0.25, -0.2) is 0 Å². The van der Waals surface area contributed by atoms with Gasteiger partial charge in [-0.05, 0) is 18.1 Å². The molecule has 1 aromatic rings. The molecule has 0 fully saturated rings. The molecule has 0 atom stereocenters. The lowest BCUT2D eigenvalue weighted by Gasteiger charge is -1.97. The fourth-order valence-corrected chi connectivity index (χ4v) is 1.29. The van der Waals surface area contributed by atoms with Crippen molar-refractivity contribution >= 4 is 21.8 Å². The van der Waals surface area contributed by atoms with Gasteiger partial charge in [-0.3, -0.25) is 9.78 Å². The number of carbonyl (C=O) groups excluding carboxylic acids is 1. The monoisotopic (exact) mass is 228 g/mol. The van der Waals surface area contributed by atoms with Crippen molar-refractivity contribution in [2.24, 2.45) is 5.73 Å². The molecule has 1 aromatic heterocycles. The molecule has 64 valence electrons. The normalized spacial score (nSPS) is 9.75. The molecule has 1 heterocycles. The number of aryl methyl sites for hydroxylation is 1. The second-order valence-electron chi connectivity index (χ2n) is 2.35. The second-order valence-corrected chi connectivity index (χ2v) is 3.15. The number of pyridine rings is 1. The summed E-state index contributed by atoms with van der Waals surface area (Å²) in [7, 11) is 0. The van der Waals surface area contributed by atoms with E-state index >= 15 is 0 Å². The van der Waals surface area contributed by atoms with Crippen LogP contribution in [-0.2, 0) is 6.42 Å². The Morgan fingerprint density at radius 3 is 2.75 bits per heavy atom. The number of halogens is 1. The van der Waals surface area contributed by atoms with E-state index in [2.05, 4.69) is 20.9 Å². The van der Waals surface area contributed by atoms with E-state index in [0.29, 0.717) is 5.69 Å². The maximum Gasteiger partial charge on any atom is 0.267 e. The maximum atomic E-state index is 10.6. The van der Waals surface area contributed by atoms with E-state index in [-0.39, 0.29) is 0 Å². The van der Waals surface area contributed by atoms with Crippen LogP contribution < -0.4 is 5.73 Å². The predicted molar refractivity (Wildman–Crippen MR) is 50.3 cm³/mol. The van der Waals surface area contributed by atoms with Crippen LogP contribution >= 0.6 is 15.9 Å². The second kappa shape index (κ2) is 4.21. The van der Waals surface area contributed by atoms with Crippen LogP contribution in [0.2, 0.25) is 0 Å². The van der Waals surface area contributed by atoms with Crippen LogP contribution in [0.25, 0.3) is 0 Å². The number of hydrogen-bond acceptors (Lipinski definition) is 2. The van der Waals surface area contributed by atoms with E-state index in [4.69, 9.17) is 5.73 Å².